The van der Waals surface area contributed by atoms with Crippen LogP contribution in [0.2, 0.25) is 0 Å². The lowest BCUT2D eigenvalue weighted by atomic mass is 9.70. The summed E-state index contributed by atoms with van der Waals surface area (Å²) in [5.74, 6) is 0.668. The standard InChI is InChI=1S/C12H20N2O/c1-8(15)13-14-10-7-9-5-6-12(10,4)11(9,2)3/h9H,5-7H2,1-4H3,(H,13,15)/b14-10-/t9-,12+/m1/s1. The van der Waals surface area contributed by atoms with Gasteiger partial charge in [0.15, 0.2) is 0 Å². The smallest absolute Gasteiger partial charge is 0.236 e. The predicted octanol–water partition coefficient (Wildman–Crippen LogP) is 2.32. The summed E-state index contributed by atoms with van der Waals surface area (Å²) < 4.78 is 0. The molecule has 1 amide bonds. The third-order valence-corrected chi connectivity index (χ3v) is 4.86. The van der Waals surface area contributed by atoms with Gasteiger partial charge in [0.2, 0.25) is 5.91 Å². The van der Waals surface area contributed by atoms with Crippen LogP contribution in [0.25, 0.3) is 0 Å². The summed E-state index contributed by atoms with van der Waals surface area (Å²) in [7, 11) is 0. The van der Waals surface area contributed by atoms with E-state index in [0.717, 1.165) is 12.3 Å². The summed E-state index contributed by atoms with van der Waals surface area (Å²) in [6.45, 7) is 8.47. The van der Waals surface area contributed by atoms with Gasteiger partial charge in [0.1, 0.15) is 0 Å². The molecular weight excluding hydrogens is 188 g/mol. The number of fused-ring (bicyclic) bond motifs is 2. The molecule has 2 rings (SSSR count). The van der Waals surface area contributed by atoms with E-state index < -0.39 is 0 Å². The first-order valence-electron chi connectivity index (χ1n) is 5.71. The molecule has 2 fully saturated rings. The predicted molar refractivity (Wildman–Crippen MR) is 60.5 cm³/mol. The van der Waals surface area contributed by atoms with Gasteiger partial charge < -0.3 is 0 Å². The molecule has 0 radical (unpaired) electrons. The molecule has 0 unspecified atom stereocenters. The number of hydrogen-bond acceptors (Lipinski definition) is 2. The molecule has 0 aromatic heterocycles. The maximum Gasteiger partial charge on any atom is 0.236 e. The molecule has 0 spiro atoms. The lowest BCUT2D eigenvalue weighted by Crippen LogP contribution is -2.34. The minimum absolute atomic E-state index is 0.0771. The molecule has 3 nitrogen and oxygen atoms in total. The molecule has 84 valence electrons. The van der Waals surface area contributed by atoms with E-state index in [4.69, 9.17) is 0 Å². The Morgan fingerprint density at radius 2 is 2.13 bits per heavy atom. The highest BCUT2D eigenvalue weighted by molar-refractivity contribution is 5.94. The normalized spacial score (nSPS) is 39.7. The molecular formula is C12H20N2O. The second-order valence-corrected chi connectivity index (χ2v) is 5.72. The van der Waals surface area contributed by atoms with Gasteiger partial charge in [-0.2, -0.15) is 5.10 Å². The van der Waals surface area contributed by atoms with Gasteiger partial charge in [-0.3, -0.25) is 4.79 Å². The van der Waals surface area contributed by atoms with Gasteiger partial charge in [0.25, 0.3) is 0 Å². The lowest BCUT2D eigenvalue weighted by molar-refractivity contribution is -0.118. The number of rotatable bonds is 1. The van der Waals surface area contributed by atoms with E-state index in [1.807, 2.05) is 0 Å². The van der Waals surface area contributed by atoms with Crippen LogP contribution in [0.1, 0.15) is 47.0 Å². The van der Waals surface area contributed by atoms with Crippen LogP contribution in [0.3, 0.4) is 0 Å². The monoisotopic (exact) mass is 208 g/mol. The first-order valence-corrected chi connectivity index (χ1v) is 5.71. The minimum atomic E-state index is -0.0771. The largest absolute Gasteiger partial charge is 0.274 e. The van der Waals surface area contributed by atoms with Crippen LogP contribution in [0.15, 0.2) is 5.10 Å². The van der Waals surface area contributed by atoms with Gasteiger partial charge in [-0.05, 0) is 30.6 Å². The second kappa shape index (κ2) is 3.06. The average Bonchev–Trinajstić information content (AvgIpc) is 2.46. The number of carbonyl (C=O) groups is 1. The fraction of sp³-hybridized carbons (Fsp3) is 0.833. The SMILES string of the molecule is CC(=O)N/N=C1/C[C@H]2CC[C@]1(C)C2(C)C. The summed E-state index contributed by atoms with van der Waals surface area (Å²) in [5, 5.41) is 4.29. The summed E-state index contributed by atoms with van der Waals surface area (Å²) in [5.41, 5.74) is 4.31. The molecule has 2 atom stereocenters. The van der Waals surface area contributed by atoms with Crippen LogP contribution in [-0.4, -0.2) is 11.6 Å². The van der Waals surface area contributed by atoms with Crippen LogP contribution in [-0.2, 0) is 4.79 Å². The summed E-state index contributed by atoms with van der Waals surface area (Å²) in [6.07, 6.45) is 3.58. The minimum Gasteiger partial charge on any atom is -0.274 e. The van der Waals surface area contributed by atoms with Crippen molar-refractivity contribution in [1.82, 2.24) is 5.43 Å². The molecule has 3 heteroatoms. The molecule has 2 aliphatic carbocycles. The first kappa shape index (κ1) is 10.7. The van der Waals surface area contributed by atoms with E-state index in [-0.39, 0.29) is 11.3 Å². The fourth-order valence-corrected chi connectivity index (χ4v) is 3.24. The van der Waals surface area contributed by atoms with Gasteiger partial charge in [-0.1, -0.05) is 20.8 Å². The van der Waals surface area contributed by atoms with Crippen molar-refractivity contribution in [2.45, 2.75) is 47.0 Å². The first-order chi connectivity index (χ1) is 6.88. The zero-order valence-corrected chi connectivity index (χ0v) is 10.1. The van der Waals surface area contributed by atoms with Crippen LogP contribution in [0, 0.1) is 16.7 Å². The van der Waals surface area contributed by atoms with Crippen LogP contribution >= 0.6 is 0 Å². The maximum absolute atomic E-state index is 10.9. The van der Waals surface area contributed by atoms with E-state index in [0.29, 0.717) is 5.41 Å². The van der Waals surface area contributed by atoms with Crippen molar-refractivity contribution in [3.63, 3.8) is 0 Å². The highest BCUT2D eigenvalue weighted by atomic mass is 16.2. The van der Waals surface area contributed by atoms with Crippen LogP contribution < -0.4 is 5.43 Å². The Morgan fingerprint density at radius 3 is 2.53 bits per heavy atom. The van der Waals surface area contributed by atoms with E-state index in [1.54, 1.807) is 0 Å². The van der Waals surface area contributed by atoms with Crippen molar-refractivity contribution in [3.05, 3.63) is 0 Å². The van der Waals surface area contributed by atoms with E-state index in [2.05, 4.69) is 31.3 Å². The molecule has 0 aliphatic heterocycles. The Kier molecular flexibility index (Phi) is 2.18. The third kappa shape index (κ3) is 1.32. The molecule has 0 aromatic carbocycles. The van der Waals surface area contributed by atoms with Crippen LogP contribution in [0.4, 0.5) is 0 Å². The molecule has 15 heavy (non-hydrogen) atoms. The summed E-state index contributed by atoms with van der Waals surface area (Å²) in [6, 6.07) is 0. The summed E-state index contributed by atoms with van der Waals surface area (Å²) in [4.78, 5) is 10.9. The summed E-state index contributed by atoms with van der Waals surface area (Å²) >= 11 is 0. The second-order valence-electron chi connectivity index (χ2n) is 5.72. The number of nitrogens with zero attached hydrogens (tertiary/aromatic N) is 1. The Balaban J connectivity index is 2.26. The Hall–Kier alpha value is -0.860. The van der Waals surface area contributed by atoms with Gasteiger partial charge in [0, 0.05) is 18.1 Å². The topological polar surface area (TPSA) is 41.5 Å². The maximum atomic E-state index is 10.9. The van der Waals surface area contributed by atoms with Gasteiger partial charge in [0.05, 0.1) is 0 Å². The Morgan fingerprint density at radius 1 is 1.47 bits per heavy atom. The third-order valence-electron chi connectivity index (χ3n) is 4.86. The molecule has 0 saturated heterocycles. The molecule has 2 saturated carbocycles. The van der Waals surface area contributed by atoms with Crippen molar-refractivity contribution in [3.8, 4) is 0 Å². The zero-order valence-electron chi connectivity index (χ0n) is 10.1. The lowest BCUT2D eigenvalue weighted by Gasteiger charge is -2.34. The van der Waals surface area contributed by atoms with Crippen molar-refractivity contribution in [1.29, 1.82) is 0 Å². The molecule has 2 aliphatic rings. The molecule has 0 aromatic rings. The number of nitrogens with one attached hydrogen (secondary N) is 1. The van der Waals surface area contributed by atoms with E-state index in [9.17, 15) is 4.79 Å². The van der Waals surface area contributed by atoms with Crippen molar-refractivity contribution in [2.75, 3.05) is 0 Å². The number of amides is 1. The zero-order chi connectivity index (χ0) is 11.3. The number of hydrazone groups is 1. The molecule has 2 bridgehead atoms. The highest BCUT2D eigenvalue weighted by Gasteiger charge is 2.59. The molecule has 0 heterocycles. The van der Waals surface area contributed by atoms with Gasteiger partial charge in [-0.25, -0.2) is 5.43 Å². The average molecular weight is 208 g/mol. The van der Waals surface area contributed by atoms with Crippen molar-refractivity contribution in [2.24, 2.45) is 21.8 Å². The van der Waals surface area contributed by atoms with E-state index in [1.165, 1.54) is 25.5 Å². The molecule has 1 N–H and O–H groups in total. The Bertz CT molecular complexity index is 333. The number of hydrogen-bond donors (Lipinski definition) is 1. The van der Waals surface area contributed by atoms with Gasteiger partial charge in [-0.15, -0.1) is 0 Å². The number of carbonyl (C=O) groups excluding carboxylic acids is 1. The van der Waals surface area contributed by atoms with Crippen molar-refractivity contribution < 1.29 is 4.79 Å². The quantitative estimate of drug-likeness (QED) is 0.660. The Labute approximate surface area is 91.3 Å². The van der Waals surface area contributed by atoms with E-state index >= 15 is 0 Å². The highest BCUT2D eigenvalue weighted by Crippen LogP contribution is 2.63. The van der Waals surface area contributed by atoms with Crippen LogP contribution in [0.5, 0.6) is 0 Å². The van der Waals surface area contributed by atoms with Gasteiger partial charge >= 0.3 is 0 Å². The fourth-order valence-electron chi connectivity index (χ4n) is 3.24. The van der Waals surface area contributed by atoms with Crippen molar-refractivity contribution >= 4 is 11.6 Å².